The van der Waals surface area contributed by atoms with Crippen molar-refractivity contribution in [2.24, 2.45) is 0 Å². The van der Waals surface area contributed by atoms with Gasteiger partial charge in [0.25, 0.3) is 0 Å². The van der Waals surface area contributed by atoms with Gasteiger partial charge in [0.2, 0.25) is 10.0 Å². The molecule has 0 spiro atoms. The van der Waals surface area contributed by atoms with Gasteiger partial charge >= 0.3 is 5.97 Å². The number of methoxy groups -OCH3 is 1. The number of thiophene rings is 1. The molecule has 3 rings (SSSR count). The molecule has 0 atom stereocenters. The van der Waals surface area contributed by atoms with Crippen LogP contribution in [0.4, 0.5) is 0 Å². The SMILES string of the molecule is COc1ccccc1OC(=O)c1cc(S(=O)(=O)N2CCCC2)cs1. The quantitative estimate of drug-likeness (QED) is 0.600. The minimum atomic E-state index is -3.53. The maximum atomic E-state index is 12.5. The smallest absolute Gasteiger partial charge is 0.353 e. The van der Waals surface area contributed by atoms with Crippen molar-refractivity contribution < 1.29 is 22.7 Å². The van der Waals surface area contributed by atoms with Gasteiger partial charge in [-0.3, -0.25) is 0 Å². The van der Waals surface area contributed by atoms with E-state index in [0.717, 1.165) is 24.2 Å². The molecule has 1 aliphatic heterocycles. The highest BCUT2D eigenvalue weighted by atomic mass is 32.2. The number of benzene rings is 1. The zero-order valence-electron chi connectivity index (χ0n) is 13.1. The van der Waals surface area contributed by atoms with Gasteiger partial charge in [-0.2, -0.15) is 4.31 Å². The minimum absolute atomic E-state index is 0.140. The normalized spacial score (nSPS) is 15.4. The van der Waals surface area contributed by atoms with Crippen LogP contribution in [0.15, 0.2) is 40.6 Å². The first-order valence-corrected chi connectivity index (χ1v) is 9.78. The van der Waals surface area contributed by atoms with Gasteiger partial charge in [0, 0.05) is 18.5 Å². The monoisotopic (exact) mass is 367 g/mol. The number of nitrogens with zero attached hydrogens (tertiary/aromatic N) is 1. The van der Waals surface area contributed by atoms with Crippen LogP contribution in [0.5, 0.6) is 11.5 Å². The first-order valence-electron chi connectivity index (χ1n) is 7.46. The van der Waals surface area contributed by atoms with E-state index in [-0.39, 0.29) is 9.77 Å². The molecule has 2 heterocycles. The molecule has 8 heteroatoms. The van der Waals surface area contributed by atoms with Crippen molar-refractivity contribution >= 4 is 27.3 Å². The number of rotatable bonds is 5. The van der Waals surface area contributed by atoms with Crippen LogP contribution < -0.4 is 9.47 Å². The Labute approximate surface area is 144 Å². The summed E-state index contributed by atoms with van der Waals surface area (Å²) in [5, 5.41) is 1.48. The highest BCUT2D eigenvalue weighted by Crippen LogP contribution is 2.29. The number of hydrogen-bond donors (Lipinski definition) is 0. The molecular weight excluding hydrogens is 350 g/mol. The highest BCUT2D eigenvalue weighted by molar-refractivity contribution is 7.89. The van der Waals surface area contributed by atoms with Crippen LogP contribution in [0.2, 0.25) is 0 Å². The summed E-state index contributed by atoms with van der Waals surface area (Å²) in [6.07, 6.45) is 1.73. The molecule has 1 aromatic carbocycles. The number of hydrogen-bond acceptors (Lipinski definition) is 6. The summed E-state index contributed by atoms with van der Waals surface area (Å²) in [4.78, 5) is 12.6. The molecule has 128 valence electrons. The largest absolute Gasteiger partial charge is 0.493 e. The van der Waals surface area contributed by atoms with Gasteiger partial charge in [0.15, 0.2) is 11.5 Å². The Bertz CT molecular complexity index is 838. The number of esters is 1. The van der Waals surface area contributed by atoms with E-state index in [2.05, 4.69) is 0 Å². The van der Waals surface area contributed by atoms with E-state index in [0.29, 0.717) is 24.6 Å². The third kappa shape index (κ3) is 3.31. The lowest BCUT2D eigenvalue weighted by Crippen LogP contribution is -2.27. The second-order valence-corrected chi connectivity index (χ2v) is 8.15. The Balaban J connectivity index is 1.79. The van der Waals surface area contributed by atoms with Crippen molar-refractivity contribution in [1.82, 2.24) is 4.31 Å². The summed E-state index contributed by atoms with van der Waals surface area (Å²) in [5.41, 5.74) is 0. The second kappa shape index (κ2) is 6.92. The number of sulfonamides is 1. The van der Waals surface area contributed by atoms with E-state index < -0.39 is 16.0 Å². The third-order valence-corrected chi connectivity index (χ3v) is 6.69. The van der Waals surface area contributed by atoms with Crippen LogP contribution in [-0.2, 0) is 10.0 Å². The topological polar surface area (TPSA) is 72.9 Å². The molecule has 2 aromatic rings. The van der Waals surface area contributed by atoms with Gasteiger partial charge in [0.05, 0.1) is 12.0 Å². The maximum Gasteiger partial charge on any atom is 0.353 e. The van der Waals surface area contributed by atoms with E-state index in [4.69, 9.17) is 9.47 Å². The third-order valence-electron chi connectivity index (χ3n) is 3.75. The van der Waals surface area contributed by atoms with Gasteiger partial charge in [0.1, 0.15) is 4.88 Å². The summed E-state index contributed by atoms with van der Waals surface area (Å²) < 4.78 is 36.9. The predicted octanol–water partition coefficient (Wildman–Crippen LogP) is 2.76. The van der Waals surface area contributed by atoms with E-state index in [1.165, 1.54) is 22.9 Å². The molecule has 0 unspecified atom stereocenters. The Morgan fingerprint density at radius 1 is 1.17 bits per heavy atom. The number of para-hydroxylation sites is 2. The molecule has 0 radical (unpaired) electrons. The van der Waals surface area contributed by atoms with Gasteiger partial charge in [-0.1, -0.05) is 12.1 Å². The highest BCUT2D eigenvalue weighted by Gasteiger charge is 2.29. The fourth-order valence-electron chi connectivity index (χ4n) is 2.49. The molecule has 0 saturated carbocycles. The van der Waals surface area contributed by atoms with E-state index in [1.807, 2.05) is 0 Å². The average molecular weight is 367 g/mol. The summed E-state index contributed by atoms with van der Waals surface area (Å²) in [5.74, 6) is 0.127. The molecule has 0 N–H and O–H groups in total. The lowest BCUT2D eigenvalue weighted by molar-refractivity contribution is 0.0734. The molecule has 1 saturated heterocycles. The lowest BCUT2D eigenvalue weighted by atomic mass is 10.3. The Kier molecular flexibility index (Phi) is 4.88. The summed E-state index contributed by atoms with van der Waals surface area (Å²) in [7, 11) is -2.04. The lowest BCUT2D eigenvalue weighted by Gasteiger charge is -2.13. The van der Waals surface area contributed by atoms with Gasteiger partial charge < -0.3 is 9.47 Å². The summed E-state index contributed by atoms with van der Waals surface area (Å²) in [6, 6.07) is 8.16. The standard InChI is InChI=1S/C16H17NO5S2/c1-21-13-6-2-3-7-14(13)22-16(18)15-10-12(11-23-15)24(19,20)17-8-4-5-9-17/h2-3,6-7,10-11H,4-5,8-9H2,1H3. The molecule has 24 heavy (non-hydrogen) atoms. The van der Waals surface area contributed by atoms with Gasteiger partial charge in [-0.15, -0.1) is 11.3 Å². The van der Waals surface area contributed by atoms with Crippen molar-refractivity contribution in [2.45, 2.75) is 17.7 Å². The maximum absolute atomic E-state index is 12.5. The zero-order valence-corrected chi connectivity index (χ0v) is 14.7. The summed E-state index contributed by atoms with van der Waals surface area (Å²) in [6.45, 7) is 1.05. The molecule has 0 amide bonds. The van der Waals surface area contributed by atoms with Crippen LogP contribution in [0.3, 0.4) is 0 Å². The van der Waals surface area contributed by atoms with E-state index >= 15 is 0 Å². The van der Waals surface area contributed by atoms with Crippen LogP contribution in [0.25, 0.3) is 0 Å². The van der Waals surface area contributed by atoms with Crippen LogP contribution in [0, 0.1) is 0 Å². The first-order chi connectivity index (χ1) is 11.5. The molecule has 1 aromatic heterocycles. The van der Waals surface area contributed by atoms with E-state index in [9.17, 15) is 13.2 Å². The summed E-state index contributed by atoms with van der Waals surface area (Å²) >= 11 is 1.05. The number of carbonyl (C=O) groups is 1. The van der Waals surface area contributed by atoms with Crippen LogP contribution >= 0.6 is 11.3 Å². The Hall–Kier alpha value is -1.90. The zero-order chi connectivity index (χ0) is 17.2. The molecule has 1 fully saturated rings. The van der Waals surface area contributed by atoms with Crippen molar-refractivity contribution in [2.75, 3.05) is 20.2 Å². The Morgan fingerprint density at radius 3 is 2.50 bits per heavy atom. The van der Waals surface area contributed by atoms with Crippen molar-refractivity contribution in [3.05, 3.63) is 40.6 Å². The fraction of sp³-hybridized carbons (Fsp3) is 0.312. The number of ether oxygens (including phenoxy) is 2. The molecule has 6 nitrogen and oxygen atoms in total. The van der Waals surface area contributed by atoms with Crippen LogP contribution in [0.1, 0.15) is 22.5 Å². The first kappa shape index (κ1) is 16.9. The van der Waals surface area contributed by atoms with Crippen molar-refractivity contribution in [1.29, 1.82) is 0 Å². The number of carbonyl (C=O) groups excluding carboxylic acids is 1. The fourth-order valence-corrected chi connectivity index (χ4v) is 5.15. The molecule has 0 bridgehead atoms. The second-order valence-electron chi connectivity index (χ2n) is 5.30. The average Bonchev–Trinajstić information content (AvgIpc) is 3.27. The molecule has 1 aliphatic rings. The molecular formula is C16H17NO5S2. The van der Waals surface area contributed by atoms with Gasteiger partial charge in [-0.05, 0) is 31.0 Å². The van der Waals surface area contributed by atoms with Crippen molar-refractivity contribution in [3.63, 3.8) is 0 Å². The van der Waals surface area contributed by atoms with Gasteiger partial charge in [-0.25, -0.2) is 13.2 Å². The Morgan fingerprint density at radius 2 is 1.83 bits per heavy atom. The van der Waals surface area contributed by atoms with Crippen molar-refractivity contribution in [3.8, 4) is 11.5 Å². The minimum Gasteiger partial charge on any atom is -0.493 e. The van der Waals surface area contributed by atoms with Crippen LogP contribution in [-0.4, -0.2) is 38.9 Å². The predicted molar refractivity (Wildman–Crippen MR) is 90.3 cm³/mol. The van der Waals surface area contributed by atoms with E-state index in [1.54, 1.807) is 24.3 Å². The molecule has 0 aliphatic carbocycles.